The molecule has 1 amide bonds. The fourth-order valence-electron chi connectivity index (χ4n) is 1.39. The van der Waals surface area contributed by atoms with Crippen molar-refractivity contribution in [3.8, 4) is 11.8 Å². The van der Waals surface area contributed by atoms with Gasteiger partial charge in [-0.2, -0.15) is 5.26 Å². The number of amides is 1. The second-order valence-electron chi connectivity index (χ2n) is 3.92. The molecular formula is C14H16ClN3O2. The number of ether oxygens (including phenoxy) is 1. The van der Waals surface area contributed by atoms with Crippen LogP contribution in [0.4, 0.5) is 5.69 Å². The number of nitrogens with one attached hydrogen (secondary N) is 2. The van der Waals surface area contributed by atoms with Crippen molar-refractivity contribution >= 4 is 23.2 Å². The summed E-state index contributed by atoms with van der Waals surface area (Å²) in [5.74, 6) is 0.156. The molecule has 1 rings (SSSR count). The summed E-state index contributed by atoms with van der Waals surface area (Å²) in [5, 5.41) is 14.9. The molecule has 0 saturated carbocycles. The first-order valence-corrected chi connectivity index (χ1v) is 6.48. The molecule has 0 aromatic heterocycles. The van der Waals surface area contributed by atoms with E-state index in [1.165, 1.54) is 13.3 Å². The summed E-state index contributed by atoms with van der Waals surface area (Å²) in [6.07, 6.45) is 2.16. The summed E-state index contributed by atoms with van der Waals surface area (Å²) in [6.45, 7) is 2.47. The number of hydrogen-bond acceptors (Lipinski definition) is 4. The maximum atomic E-state index is 11.6. The number of carbonyl (C=O) groups excluding carboxylic acids is 1. The number of anilines is 1. The Bertz CT molecular complexity index is 550. The quantitative estimate of drug-likeness (QED) is 0.625. The topological polar surface area (TPSA) is 74.2 Å². The third-order valence-corrected chi connectivity index (χ3v) is 2.73. The molecule has 0 saturated heterocycles. The number of methoxy groups -OCH3 is 1. The summed E-state index contributed by atoms with van der Waals surface area (Å²) in [7, 11) is 1.53. The van der Waals surface area contributed by atoms with Gasteiger partial charge in [-0.3, -0.25) is 4.79 Å². The lowest BCUT2D eigenvalue weighted by Crippen LogP contribution is -2.25. The average Bonchev–Trinajstić information content (AvgIpc) is 2.45. The first-order chi connectivity index (χ1) is 9.62. The number of nitrogens with zero attached hydrogens (tertiary/aromatic N) is 1. The highest BCUT2D eigenvalue weighted by molar-refractivity contribution is 6.32. The van der Waals surface area contributed by atoms with Crippen LogP contribution in [0, 0.1) is 11.3 Å². The van der Waals surface area contributed by atoms with Gasteiger partial charge in [0.25, 0.3) is 5.91 Å². The SMILES string of the molecule is CCCNC(=O)/C(C#N)=C\Nc1ccc(OC)c(Cl)c1. The van der Waals surface area contributed by atoms with Crippen LogP contribution in [0.2, 0.25) is 5.02 Å². The zero-order valence-corrected chi connectivity index (χ0v) is 12.1. The summed E-state index contributed by atoms with van der Waals surface area (Å²) in [4.78, 5) is 11.6. The molecular weight excluding hydrogens is 278 g/mol. The van der Waals surface area contributed by atoms with E-state index in [9.17, 15) is 4.79 Å². The van der Waals surface area contributed by atoms with Crippen LogP contribution in [0.25, 0.3) is 0 Å². The monoisotopic (exact) mass is 293 g/mol. The van der Waals surface area contributed by atoms with Gasteiger partial charge in [0.15, 0.2) is 0 Å². The molecule has 2 N–H and O–H groups in total. The maximum absolute atomic E-state index is 11.6. The lowest BCUT2D eigenvalue weighted by Gasteiger charge is -2.06. The Morgan fingerprint density at radius 2 is 2.30 bits per heavy atom. The molecule has 0 fully saturated rings. The maximum Gasteiger partial charge on any atom is 0.263 e. The second kappa shape index (κ2) is 8.08. The van der Waals surface area contributed by atoms with Gasteiger partial charge in [0.2, 0.25) is 0 Å². The van der Waals surface area contributed by atoms with Gasteiger partial charge in [0.1, 0.15) is 17.4 Å². The van der Waals surface area contributed by atoms with Crippen molar-refractivity contribution in [2.45, 2.75) is 13.3 Å². The second-order valence-corrected chi connectivity index (χ2v) is 4.33. The Balaban J connectivity index is 2.76. The molecule has 6 heteroatoms. The zero-order valence-electron chi connectivity index (χ0n) is 11.4. The smallest absolute Gasteiger partial charge is 0.263 e. The van der Waals surface area contributed by atoms with E-state index in [0.29, 0.717) is 23.0 Å². The molecule has 0 heterocycles. The predicted molar refractivity (Wildman–Crippen MR) is 78.6 cm³/mol. The number of benzene rings is 1. The Labute approximate surface area is 123 Å². The fraction of sp³-hybridized carbons (Fsp3) is 0.286. The normalized spacial score (nSPS) is 10.6. The summed E-state index contributed by atoms with van der Waals surface area (Å²) >= 11 is 5.98. The molecule has 0 atom stereocenters. The zero-order chi connectivity index (χ0) is 15.0. The van der Waals surface area contributed by atoms with Gasteiger partial charge >= 0.3 is 0 Å². The van der Waals surface area contributed by atoms with E-state index in [-0.39, 0.29) is 5.57 Å². The van der Waals surface area contributed by atoms with E-state index in [4.69, 9.17) is 21.6 Å². The van der Waals surface area contributed by atoms with Crippen LogP contribution in [0.15, 0.2) is 30.0 Å². The minimum atomic E-state index is -0.401. The molecule has 0 spiro atoms. The first kappa shape index (κ1) is 15.9. The van der Waals surface area contributed by atoms with Crippen LogP contribution in [0.1, 0.15) is 13.3 Å². The molecule has 0 aliphatic rings. The average molecular weight is 294 g/mol. The van der Waals surface area contributed by atoms with E-state index < -0.39 is 5.91 Å². The molecule has 0 aliphatic carbocycles. The van der Waals surface area contributed by atoms with E-state index >= 15 is 0 Å². The predicted octanol–water partition coefficient (Wildman–Crippen LogP) is 2.69. The fourth-order valence-corrected chi connectivity index (χ4v) is 1.65. The lowest BCUT2D eigenvalue weighted by molar-refractivity contribution is -0.117. The number of rotatable bonds is 6. The van der Waals surface area contributed by atoms with Gasteiger partial charge in [0, 0.05) is 18.4 Å². The van der Waals surface area contributed by atoms with Crippen LogP contribution < -0.4 is 15.4 Å². The highest BCUT2D eigenvalue weighted by Crippen LogP contribution is 2.27. The minimum absolute atomic E-state index is 0.00499. The Morgan fingerprint density at radius 3 is 2.85 bits per heavy atom. The standard InChI is InChI=1S/C14H16ClN3O2/c1-3-6-17-14(19)10(8-16)9-18-11-4-5-13(20-2)12(15)7-11/h4-5,7,9,18H,3,6H2,1-2H3,(H,17,19)/b10-9-. The van der Waals surface area contributed by atoms with Crippen LogP contribution in [-0.2, 0) is 4.79 Å². The number of hydrogen-bond donors (Lipinski definition) is 2. The van der Waals surface area contributed by atoms with Crippen molar-refractivity contribution in [2.75, 3.05) is 19.0 Å². The molecule has 106 valence electrons. The van der Waals surface area contributed by atoms with Crippen LogP contribution in [0.5, 0.6) is 5.75 Å². The third kappa shape index (κ3) is 4.48. The van der Waals surface area contributed by atoms with Crippen molar-refractivity contribution in [3.63, 3.8) is 0 Å². The van der Waals surface area contributed by atoms with Crippen LogP contribution >= 0.6 is 11.6 Å². The number of carbonyl (C=O) groups is 1. The molecule has 5 nitrogen and oxygen atoms in total. The van der Waals surface area contributed by atoms with Crippen molar-refractivity contribution in [1.82, 2.24) is 5.32 Å². The van der Waals surface area contributed by atoms with Crippen molar-refractivity contribution in [3.05, 3.63) is 35.0 Å². The third-order valence-electron chi connectivity index (χ3n) is 2.44. The van der Waals surface area contributed by atoms with Crippen molar-refractivity contribution in [1.29, 1.82) is 5.26 Å². The Kier molecular flexibility index (Phi) is 6.41. The van der Waals surface area contributed by atoms with Gasteiger partial charge in [0.05, 0.1) is 12.1 Å². The van der Waals surface area contributed by atoms with Gasteiger partial charge in [-0.15, -0.1) is 0 Å². The first-order valence-electron chi connectivity index (χ1n) is 6.11. The van der Waals surface area contributed by atoms with Gasteiger partial charge in [-0.25, -0.2) is 0 Å². The number of nitriles is 1. The van der Waals surface area contributed by atoms with E-state index in [0.717, 1.165) is 6.42 Å². The van der Waals surface area contributed by atoms with Crippen molar-refractivity contribution in [2.24, 2.45) is 0 Å². The highest BCUT2D eigenvalue weighted by atomic mass is 35.5. The molecule has 1 aromatic rings. The number of halogens is 1. The molecule has 0 aliphatic heterocycles. The van der Waals surface area contributed by atoms with Gasteiger partial charge in [-0.1, -0.05) is 18.5 Å². The largest absolute Gasteiger partial charge is 0.495 e. The molecule has 0 radical (unpaired) electrons. The van der Waals surface area contributed by atoms with Gasteiger partial charge < -0.3 is 15.4 Å². The summed E-state index contributed by atoms with van der Waals surface area (Å²) < 4.78 is 5.04. The minimum Gasteiger partial charge on any atom is -0.495 e. The highest BCUT2D eigenvalue weighted by Gasteiger charge is 2.07. The lowest BCUT2D eigenvalue weighted by atomic mass is 10.2. The summed E-state index contributed by atoms with van der Waals surface area (Å²) in [5.41, 5.74) is 0.664. The van der Waals surface area contributed by atoms with Crippen LogP contribution in [-0.4, -0.2) is 19.6 Å². The molecule has 20 heavy (non-hydrogen) atoms. The van der Waals surface area contributed by atoms with E-state index in [1.807, 2.05) is 13.0 Å². The molecule has 1 aromatic carbocycles. The van der Waals surface area contributed by atoms with E-state index in [1.54, 1.807) is 18.2 Å². The van der Waals surface area contributed by atoms with Crippen LogP contribution in [0.3, 0.4) is 0 Å². The van der Waals surface area contributed by atoms with Crippen molar-refractivity contribution < 1.29 is 9.53 Å². The molecule has 0 unspecified atom stereocenters. The Morgan fingerprint density at radius 1 is 1.55 bits per heavy atom. The van der Waals surface area contributed by atoms with E-state index in [2.05, 4.69) is 10.6 Å². The Hall–Kier alpha value is -2.19. The summed E-state index contributed by atoms with van der Waals surface area (Å²) in [6, 6.07) is 6.93. The molecule has 0 bridgehead atoms. The van der Waals surface area contributed by atoms with Gasteiger partial charge in [-0.05, 0) is 24.6 Å².